The molecule has 0 aromatic heterocycles. The number of unbranched alkanes of at least 4 members (excludes halogenated alkanes) is 6. The standard InChI is InChI=1S/C22H33NO/c1-4-5-6-7-8-9-10-11-12-13-14-15-16-17-18-19-20-23-22(24)21(2)3/h11-20H,2,4-10H2,1,3H3,(H,23,24). The number of amides is 1. The van der Waals surface area contributed by atoms with Crippen molar-refractivity contribution >= 4 is 5.91 Å². The molecular formula is C22H33NO. The van der Waals surface area contributed by atoms with Gasteiger partial charge >= 0.3 is 0 Å². The van der Waals surface area contributed by atoms with Crippen molar-refractivity contribution in [1.29, 1.82) is 0 Å². The van der Waals surface area contributed by atoms with Crippen LogP contribution < -0.4 is 5.32 Å². The quantitative estimate of drug-likeness (QED) is 0.245. The van der Waals surface area contributed by atoms with Crippen molar-refractivity contribution in [1.82, 2.24) is 5.32 Å². The fraction of sp³-hybridized carbons (Fsp3) is 0.409. The van der Waals surface area contributed by atoms with Crippen LogP contribution in [0.3, 0.4) is 0 Å². The predicted octanol–water partition coefficient (Wildman–Crippen LogP) is 6.17. The first-order chi connectivity index (χ1) is 11.7. The molecule has 0 heterocycles. The minimum absolute atomic E-state index is 0.161. The Balaban J connectivity index is 3.65. The fourth-order valence-electron chi connectivity index (χ4n) is 1.90. The van der Waals surface area contributed by atoms with Crippen LogP contribution >= 0.6 is 0 Å². The van der Waals surface area contributed by atoms with Gasteiger partial charge in [-0.3, -0.25) is 4.79 Å². The lowest BCUT2D eigenvalue weighted by molar-refractivity contribution is -0.116. The normalized spacial score (nSPS) is 12.4. The van der Waals surface area contributed by atoms with Crippen molar-refractivity contribution in [2.24, 2.45) is 0 Å². The first-order valence-electron chi connectivity index (χ1n) is 8.96. The molecule has 24 heavy (non-hydrogen) atoms. The molecule has 0 aliphatic rings. The van der Waals surface area contributed by atoms with Gasteiger partial charge in [0.25, 0.3) is 0 Å². The smallest absolute Gasteiger partial charge is 0.250 e. The summed E-state index contributed by atoms with van der Waals surface area (Å²) in [5.74, 6) is -0.161. The topological polar surface area (TPSA) is 29.1 Å². The highest BCUT2D eigenvalue weighted by molar-refractivity contribution is 5.92. The maximum absolute atomic E-state index is 11.2. The minimum Gasteiger partial charge on any atom is -0.329 e. The van der Waals surface area contributed by atoms with E-state index in [-0.39, 0.29) is 5.91 Å². The summed E-state index contributed by atoms with van der Waals surface area (Å²) in [6.45, 7) is 7.49. The zero-order valence-electron chi connectivity index (χ0n) is 15.3. The summed E-state index contributed by atoms with van der Waals surface area (Å²) in [5.41, 5.74) is 0.498. The van der Waals surface area contributed by atoms with Crippen molar-refractivity contribution in [3.8, 4) is 0 Å². The van der Waals surface area contributed by atoms with E-state index in [9.17, 15) is 4.79 Å². The summed E-state index contributed by atoms with van der Waals surface area (Å²) in [6.07, 6.45) is 28.7. The Morgan fingerprint density at radius 3 is 2.00 bits per heavy atom. The second-order valence-electron chi connectivity index (χ2n) is 5.75. The number of carbonyl (C=O) groups is 1. The molecule has 0 aromatic rings. The third kappa shape index (κ3) is 16.3. The molecule has 2 heteroatoms. The van der Waals surface area contributed by atoms with Gasteiger partial charge in [0, 0.05) is 11.8 Å². The maximum atomic E-state index is 11.2. The average molecular weight is 328 g/mol. The van der Waals surface area contributed by atoms with Gasteiger partial charge in [-0.25, -0.2) is 0 Å². The molecule has 132 valence electrons. The molecule has 0 rings (SSSR count). The van der Waals surface area contributed by atoms with Crippen molar-refractivity contribution < 1.29 is 4.79 Å². The third-order valence-corrected chi connectivity index (χ3v) is 3.34. The van der Waals surface area contributed by atoms with E-state index in [1.807, 2.05) is 36.5 Å². The predicted molar refractivity (Wildman–Crippen MR) is 107 cm³/mol. The molecule has 0 aliphatic heterocycles. The van der Waals surface area contributed by atoms with Crippen LogP contribution in [0.5, 0.6) is 0 Å². The van der Waals surface area contributed by atoms with Gasteiger partial charge in [-0.05, 0) is 25.8 Å². The van der Waals surface area contributed by atoms with Gasteiger partial charge in [0.2, 0.25) is 5.91 Å². The second-order valence-corrected chi connectivity index (χ2v) is 5.75. The van der Waals surface area contributed by atoms with Gasteiger partial charge in [0.05, 0.1) is 0 Å². The second kappa shape index (κ2) is 17.3. The highest BCUT2D eigenvalue weighted by atomic mass is 16.1. The molecular weight excluding hydrogens is 294 g/mol. The van der Waals surface area contributed by atoms with Crippen LogP contribution in [0.2, 0.25) is 0 Å². The van der Waals surface area contributed by atoms with E-state index in [1.165, 1.54) is 44.9 Å². The monoisotopic (exact) mass is 327 g/mol. The van der Waals surface area contributed by atoms with E-state index in [2.05, 4.69) is 31.0 Å². The van der Waals surface area contributed by atoms with Gasteiger partial charge in [0.1, 0.15) is 0 Å². The van der Waals surface area contributed by atoms with Gasteiger partial charge in [-0.15, -0.1) is 0 Å². The summed E-state index contributed by atoms with van der Waals surface area (Å²) >= 11 is 0. The number of hydrogen-bond donors (Lipinski definition) is 1. The summed E-state index contributed by atoms with van der Waals surface area (Å²) < 4.78 is 0. The van der Waals surface area contributed by atoms with Gasteiger partial charge in [-0.1, -0.05) is 94.2 Å². The fourth-order valence-corrected chi connectivity index (χ4v) is 1.90. The van der Waals surface area contributed by atoms with Crippen LogP contribution in [0.1, 0.15) is 58.8 Å². The Morgan fingerprint density at radius 1 is 0.833 bits per heavy atom. The van der Waals surface area contributed by atoms with E-state index in [1.54, 1.807) is 19.2 Å². The molecule has 0 saturated heterocycles. The van der Waals surface area contributed by atoms with E-state index in [0.717, 1.165) is 0 Å². The molecule has 1 N–H and O–H groups in total. The number of rotatable bonds is 13. The van der Waals surface area contributed by atoms with Crippen LogP contribution in [-0.4, -0.2) is 5.91 Å². The van der Waals surface area contributed by atoms with E-state index < -0.39 is 0 Å². The van der Waals surface area contributed by atoms with E-state index >= 15 is 0 Å². The lowest BCUT2D eigenvalue weighted by Gasteiger charge is -1.97. The molecule has 0 unspecified atom stereocenters. The van der Waals surface area contributed by atoms with Gasteiger partial charge in [-0.2, -0.15) is 0 Å². The number of hydrogen-bond acceptors (Lipinski definition) is 1. The van der Waals surface area contributed by atoms with Gasteiger partial charge in [0.15, 0.2) is 0 Å². The van der Waals surface area contributed by atoms with Crippen LogP contribution in [0, 0.1) is 0 Å². The molecule has 1 amide bonds. The van der Waals surface area contributed by atoms with Crippen LogP contribution in [0.4, 0.5) is 0 Å². The summed E-state index contributed by atoms with van der Waals surface area (Å²) in [5, 5.41) is 2.61. The Hall–Kier alpha value is -2.09. The first kappa shape index (κ1) is 21.9. The molecule has 0 spiro atoms. The molecule has 0 aromatic carbocycles. The number of nitrogens with one attached hydrogen (secondary N) is 1. The lowest BCUT2D eigenvalue weighted by atomic mass is 10.1. The largest absolute Gasteiger partial charge is 0.329 e. The zero-order chi connectivity index (χ0) is 17.9. The maximum Gasteiger partial charge on any atom is 0.250 e. The van der Waals surface area contributed by atoms with Crippen LogP contribution in [0.25, 0.3) is 0 Å². The van der Waals surface area contributed by atoms with Crippen molar-refractivity contribution in [2.75, 3.05) is 0 Å². The molecule has 0 fully saturated rings. The third-order valence-electron chi connectivity index (χ3n) is 3.34. The Morgan fingerprint density at radius 2 is 1.38 bits per heavy atom. The number of carbonyl (C=O) groups excluding carboxylic acids is 1. The van der Waals surface area contributed by atoms with Crippen molar-refractivity contribution in [3.63, 3.8) is 0 Å². The van der Waals surface area contributed by atoms with Gasteiger partial charge < -0.3 is 5.32 Å². The molecule has 0 atom stereocenters. The minimum atomic E-state index is -0.161. The Labute approximate surface area is 148 Å². The highest BCUT2D eigenvalue weighted by Gasteiger charge is 1.94. The average Bonchev–Trinajstić information content (AvgIpc) is 2.57. The van der Waals surface area contributed by atoms with Crippen LogP contribution in [-0.2, 0) is 4.79 Å². The molecule has 0 bridgehead atoms. The summed E-state index contributed by atoms with van der Waals surface area (Å²) in [7, 11) is 0. The summed E-state index contributed by atoms with van der Waals surface area (Å²) in [6, 6.07) is 0. The number of allylic oxidation sites excluding steroid dienone is 9. The molecule has 2 nitrogen and oxygen atoms in total. The lowest BCUT2D eigenvalue weighted by Crippen LogP contribution is -2.16. The van der Waals surface area contributed by atoms with Crippen LogP contribution in [0.15, 0.2) is 73.0 Å². The molecule has 0 radical (unpaired) electrons. The van der Waals surface area contributed by atoms with Crippen molar-refractivity contribution in [2.45, 2.75) is 58.8 Å². The molecule has 0 aliphatic carbocycles. The zero-order valence-corrected chi connectivity index (χ0v) is 15.3. The van der Waals surface area contributed by atoms with Crippen molar-refractivity contribution in [3.05, 3.63) is 73.0 Å². The Bertz CT molecular complexity index is 478. The van der Waals surface area contributed by atoms with E-state index in [0.29, 0.717) is 5.57 Å². The highest BCUT2D eigenvalue weighted by Crippen LogP contribution is 2.07. The molecule has 0 saturated carbocycles. The van der Waals surface area contributed by atoms with E-state index in [4.69, 9.17) is 0 Å². The first-order valence-corrected chi connectivity index (χ1v) is 8.96. The summed E-state index contributed by atoms with van der Waals surface area (Å²) in [4.78, 5) is 11.2. The SMILES string of the molecule is C=C(C)C(=O)NC=CC=CC=CC=CC=CCCCCCCCC. The Kier molecular flexibility index (Phi) is 15.8.